The van der Waals surface area contributed by atoms with Crippen molar-refractivity contribution in [3.05, 3.63) is 0 Å². The smallest absolute Gasteiger partial charge is 0.189 e. The first-order valence-corrected chi connectivity index (χ1v) is 9.11. The van der Waals surface area contributed by atoms with Crippen LogP contribution in [-0.2, 0) is 23.7 Å². The molecule has 0 aromatic heterocycles. The fourth-order valence-corrected chi connectivity index (χ4v) is 4.90. The highest BCUT2D eigenvalue weighted by Crippen LogP contribution is 2.49. The Balaban J connectivity index is 1.35. The van der Waals surface area contributed by atoms with E-state index in [1.165, 1.54) is 38.5 Å². The average molecular weight is 310 g/mol. The van der Waals surface area contributed by atoms with Crippen LogP contribution in [0, 0.1) is 0 Å². The molecule has 5 rings (SSSR count). The molecule has 0 bridgehead atoms. The fraction of sp³-hybridized carbons (Fsp3) is 1.00. The Bertz CT molecular complexity index is 387. The second-order valence-corrected chi connectivity index (χ2v) is 7.58. The average Bonchev–Trinajstić information content (AvgIpc) is 3.07. The maximum absolute atomic E-state index is 6.43. The topological polar surface area (TPSA) is 46.2 Å². The van der Waals surface area contributed by atoms with E-state index < -0.39 is 5.79 Å². The third-order valence-corrected chi connectivity index (χ3v) is 6.01. The second kappa shape index (κ2) is 5.15. The second-order valence-electron chi connectivity index (χ2n) is 7.58. The highest BCUT2D eigenvalue weighted by atomic mass is 16.9. The minimum absolute atomic E-state index is 0.00157. The van der Waals surface area contributed by atoms with Crippen LogP contribution in [0.3, 0.4) is 0 Å². The van der Waals surface area contributed by atoms with Gasteiger partial charge < -0.3 is 23.7 Å². The molecule has 0 aromatic carbocycles. The quantitative estimate of drug-likeness (QED) is 0.688. The molecule has 3 heterocycles. The number of rotatable bonds is 0. The highest BCUT2D eigenvalue weighted by Gasteiger charge is 2.61. The fourth-order valence-electron chi connectivity index (χ4n) is 4.90. The summed E-state index contributed by atoms with van der Waals surface area (Å²) in [5, 5.41) is 0. The summed E-state index contributed by atoms with van der Waals surface area (Å²) in [7, 11) is 0. The van der Waals surface area contributed by atoms with Crippen molar-refractivity contribution < 1.29 is 23.7 Å². The van der Waals surface area contributed by atoms with Gasteiger partial charge in [-0.2, -0.15) is 0 Å². The van der Waals surface area contributed by atoms with Gasteiger partial charge in [-0.15, -0.1) is 0 Å². The normalized spacial score (nSPS) is 45.8. The Morgan fingerprint density at radius 3 is 1.86 bits per heavy atom. The molecule has 22 heavy (non-hydrogen) atoms. The number of hydrogen-bond acceptors (Lipinski definition) is 5. The van der Waals surface area contributed by atoms with Gasteiger partial charge in [-0.3, -0.25) is 0 Å². The lowest BCUT2D eigenvalue weighted by Crippen LogP contribution is -2.50. The van der Waals surface area contributed by atoms with Gasteiger partial charge >= 0.3 is 0 Å². The van der Waals surface area contributed by atoms with E-state index in [4.69, 9.17) is 23.7 Å². The molecule has 4 atom stereocenters. The van der Waals surface area contributed by atoms with E-state index in [2.05, 4.69) is 0 Å². The summed E-state index contributed by atoms with van der Waals surface area (Å²) in [6.07, 6.45) is 10.8. The predicted octanol–water partition coefficient (Wildman–Crippen LogP) is 2.86. The van der Waals surface area contributed by atoms with Gasteiger partial charge in [-0.1, -0.05) is 12.8 Å². The van der Waals surface area contributed by atoms with Gasteiger partial charge in [0.25, 0.3) is 0 Å². The molecule has 5 nitrogen and oxygen atoms in total. The summed E-state index contributed by atoms with van der Waals surface area (Å²) < 4.78 is 31.2. The molecule has 3 aliphatic heterocycles. The molecule has 0 amide bonds. The largest absolute Gasteiger partial charge is 0.347 e. The van der Waals surface area contributed by atoms with Gasteiger partial charge in [-0.05, 0) is 25.7 Å². The van der Waals surface area contributed by atoms with E-state index in [-0.39, 0.29) is 30.4 Å². The summed E-state index contributed by atoms with van der Waals surface area (Å²) in [5.74, 6) is -0.800. The molecule has 2 aliphatic carbocycles. The summed E-state index contributed by atoms with van der Waals surface area (Å²) in [6.45, 7) is 0.563. The van der Waals surface area contributed by atoms with Gasteiger partial charge in [-0.25, -0.2) is 0 Å². The third-order valence-electron chi connectivity index (χ3n) is 6.01. The molecule has 0 radical (unpaired) electrons. The minimum Gasteiger partial charge on any atom is -0.347 e. The van der Waals surface area contributed by atoms with Gasteiger partial charge in [0.2, 0.25) is 0 Å². The van der Waals surface area contributed by atoms with Crippen molar-refractivity contribution in [2.45, 2.75) is 100 Å². The molecule has 5 heteroatoms. The lowest BCUT2D eigenvalue weighted by molar-refractivity contribution is -0.234. The Labute approximate surface area is 131 Å². The van der Waals surface area contributed by atoms with Crippen LogP contribution in [0.25, 0.3) is 0 Å². The van der Waals surface area contributed by atoms with Crippen molar-refractivity contribution in [1.29, 1.82) is 0 Å². The van der Waals surface area contributed by atoms with Crippen molar-refractivity contribution in [1.82, 2.24) is 0 Å². The van der Waals surface area contributed by atoms with Crippen LogP contribution in [0.4, 0.5) is 0 Å². The van der Waals surface area contributed by atoms with E-state index >= 15 is 0 Å². The molecule has 3 saturated heterocycles. The van der Waals surface area contributed by atoms with Crippen LogP contribution in [0.2, 0.25) is 0 Å². The number of hydrogen-bond donors (Lipinski definition) is 0. The summed E-state index contributed by atoms with van der Waals surface area (Å²) >= 11 is 0. The molecule has 4 unspecified atom stereocenters. The van der Waals surface area contributed by atoms with Gasteiger partial charge in [0, 0.05) is 25.7 Å². The van der Waals surface area contributed by atoms with Crippen molar-refractivity contribution in [2.75, 3.05) is 6.61 Å². The highest BCUT2D eigenvalue weighted by molar-refractivity contribution is 4.99. The molecule has 124 valence electrons. The van der Waals surface area contributed by atoms with Crippen molar-refractivity contribution in [2.24, 2.45) is 0 Å². The van der Waals surface area contributed by atoms with Gasteiger partial charge in [0.05, 0.1) is 6.61 Å². The molecule has 0 N–H and O–H groups in total. The van der Waals surface area contributed by atoms with Crippen LogP contribution >= 0.6 is 0 Å². The Morgan fingerprint density at radius 2 is 1.18 bits per heavy atom. The van der Waals surface area contributed by atoms with Crippen molar-refractivity contribution in [3.63, 3.8) is 0 Å². The Morgan fingerprint density at radius 1 is 0.591 bits per heavy atom. The zero-order chi connectivity index (χ0) is 14.6. The van der Waals surface area contributed by atoms with E-state index in [0.717, 1.165) is 25.7 Å². The van der Waals surface area contributed by atoms with Crippen molar-refractivity contribution in [3.8, 4) is 0 Å². The molecule has 5 fully saturated rings. The van der Waals surface area contributed by atoms with Crippen LogP contribution in [-0.4, -0.2) is 42.8 Å². The van der Waals surface area contributed by atoms with Gasteiger partial charge in [0.15, 0.2) is 17.9 Å². The summed E-state index contributed by atoms with van der Waals surface area (Å²) in [4.78, 5) is 0. The molecule has 2 spiro atoms. The monoisotopic (exact) mass is 310 g/mol. The van der Waals surface area contributed by atoms with Crippen LogP contribution in [0.5, 0.6) is 0 Å². The van der Waals surface area contributed by atoms with E-state index in [0.29, 0.717) is 6.61 Å². The summed E-state index contributed by atoms with van der Waals surface area (Å²) in [6, 6.07) is 0. The van der Waals surface area contributed by atoms with E-state index in [1.807, 2.05) is 0 Å². The zero-order valence-electron chi connectivity index (χ0n) is 13.1. The first-order chi connectivity index (χ1) is 10.8. The minimum atomic E-state index is -0.422. The lowest BCUT2D eigenvalue weighted by Gasteiger charge is -2.33. The van der Waals surface area contributed by atoms with Crippen LogP contribution in [0.15, 0.2) is 0 Å². The molecular formula is C17H26O5. The Hall–Kier alpha value is -0.200. The standard InChI is InChI=1S/C17H26O5/c1-3-7-16(8-4-1)19-12-11-18-15-14(13(12)20-16)21-17(22-15)9-5-2-6-10-17/h12-15H,1-11H2. The number of ether oxygens (including phenoxy) is 5. The molecule has 5 aliphatic rings. The van der Waals surface area contributed by atoms with E-state index in [9.17, 15) is 0 Å². The molecule has 2 saturated carbocycles. The maximum atomic E-state index is 6.43. The third kappa shape index (κ3) is 2.17. The first kappa shape index (κ1) is 14.2. The lowest BCUT2D eigenvalue weighted by atomic mass is 9.94. The van der Waals surface area contributed by atoms with Crippen LogP contribution < -0.4 is 0 Å². The Kier molecular flexibility index (Phi) is 3.32. The first-order valence-electron chi connectivity index (χ1n) is 9.11. The summed E-state index contributed by atoms with van der Waals surface area (Å²) in [5.41, 5.74) is 0. The molecular weight excluding hydrogens is 284 g/mol. The van der Waals surface area contributed by atoms with Crippen LogP contribution in [0.1, 0.15) is 64.2 Å². The predicted molar refractivity (Wildman–Crippen MR) is 77.1 cm³/mol. The zero-order valence-corrected chi connectivity index (χ0v) is 13.1. The maximum Gasteiger partial charge on any atom is 0.189 e. The van der Waals surface area contributed by atoms with Gasteiger partial charge in [0.1, 0.15) is 18.3 Å². The number of fused-ring (bicyclic) bond motifs is 3. The van der Waals surface area contributed by atoms with Crippen molar-refractivity contribution >= 4 is 0 Å². The molecule has 0 aromatic rings. The van der Waals surface area contributed by atoms with E-state index in [1.54, 1.807) is 0 Å². The SMILES string of the molecule is C1CCC2(CC1)OC1COC3OC4(CCCCC4)OC3C1O2.